The van der Waals surface area contributed by atoms with Gasteiger partial charge in [0.15, 0.2) is 6.20 Å². The molecule has 0 fully saturated rings. The molecule has 0 aliphatic rings. The first kappa shape index (κ1) is 16.5. The van der Waals surface area contributed by atoms with Gasteiger partial charge in [0.1, 0.15) is 5.56 Å². The Balaban J connectivity index is 2.63. The quantitative estimate of drug-likeness (QED) is 0.830. The molecule has 0 saturated heterocycles. The molecule has 6 heteroatoms. The van der Waals surface area contributed by atoms with Gasteiger partial charge >= 0.3 is 5.97 Å². The zero-order valence-electron chi connectivity index (χ0n) is 12.9. The first-order valence-corrected chi connectivity index (χ1v) is 7.55. The average molecular weight is 324 g/mol. The van der Waals surface area contributed by atoms with E-state index < -0.39 is 12.1 Å². The summed E-state index contributed by atoms with van der Waals surface area (Å²) in [5.74, 6) is -0.425. The number of aromatic nitrogens is 1. The third kappa shape index (κ3) is 3.48. The van der Waals surface area contributed by atoms with Crippen molar-refractivity contribution in [2.45, 2.75) is 26.9 Å². The standard InChI is InChI=1S/C16H19ClN2O3/c1-4-22-16(21)13-8-19-14-9(2)5-11(17)6-12(14)15(13)18-7-10(3)20/h5-6,8,10,20H,4,7H2,1-3H3,(H,18,19)/p+1/t10-/m0/s1. The molecule has 118 valence electrons. The van der Waals surface area contributed by atoms with Crippen LogP contribution in [-0.2, 0) is 4.74 Å². The summed E-state index contributed by atoms with van der Waals surface area (Å²) in [4.78, 5) is 15.3. The number of carbonyl (C=O) groups excluding carboxylic acids is 1. The number of halogens is 1. The fraction of sp³-hybridized carbons (Fsp3) is 0.375. The van der Waals surface area contributed by atoms with E-state index in [1.807, 2.05) is 13.0 Å². The number of H-pyrrole nitrogens is 1. The van der Waals surface area contributed by atoms with Gasteiger partial charge in [-0.25, -0.2) is 9.78 Å². The van der Waals surface area contributed by atoms with Crippen LogP contribution in [0.2, 0.25) is 5.02 Å². The molecule has 0 unspecified atom stereocenters. The SMILES string of the molecule is CCOC(=O)c1c[nH+]c2c(C)cc(Cl)cc2c1NC[C@H](C)O. The third-order valence-corrected chi connectivity index (χ3v) is 3.49. The van der Waals surface area contributed by atoms with E-state index in [9.17, 15) is 9.90 Å². The molecule has 0 radical (unpaired) electrons. The van der Waals surface area contributed by atoms with Crippen molar-refractivity contribution in [2.24, 2.45) is 0 Å². The third-order valence-electron chi connectivity index (χ3n) is 3.27. The summed E-state index contributed by atoms with van der Waals surface area (Å²) in [6, 6.07) is 3.64. The number of aliphatic hydroxyl groups excluding tert-OH is 1. The smallest absolute Gasteiger partial charge is 0.346 e. The molecule has 3 N–H and O–H groups in total. The van der Waals surface area contributed by atoms with Gasteiger partial charge < -0.3 is 15.2 Å². The summed E-state index contributed by atoms with van der Waals surface area (Å²) in [6.45, 7) is 5.98. The number of hydrogen-bond acceptors (Lipinski definition) is 4. The fourth-order valence-electron chi connectivity index (χ4n) is 2.30. The van der Waals surface area contributed by atoms with Crippen LogP contribution in [0.1, 0.15) is 29.8 Å². The molecule has 0 amide bonds. The van der Waals surface area contributed by atoms with Crippen LogP contribution in [0.4, 0.5) is 5.69 Å². The average Bonchev–Trinajstić information content (AvgIpc) is 2.44. The minimum Gasteiger partial charge on any atom is -0.462 e. The van der Waals surface area contributed by atoms with E-state index in [0.29, 0.717) is 29.4 Å². The maximum atomic E-state index is 12.1. The molecule has 0 aliphatic heterocycles. The summed E-state index contributed by atoms with van der Waals surface area (Å²) in [5, 5.41) is 14.0. The minimum absolute atomic E-state index is 0.293. The predicted molar refractivity (Wildman–Crippen MR) is 86.4 cm³/mol. The lowest BCUT2D eigenvalue weighted by Crippen LogP contribution is -2.21. The Morgan fingerprint density at radius 1 is 1.50 bits per heavy atom. The zero-order valence-corrected chi connectivity index (χ0v) is 13.6. The van der Waals surface area contributed by atoms with E-state index in [1.54, 1.807) is 26.1 Å². The lowest BCUT2D eigenvalue weighted by molar-refractivity contribution is -0.345. The Bertz CT molecular complexity index is 701. The number of fused-ring (bicyclic) bond motifs is 1. The van der Waals surface area contributed by atoms with Crippen molar-refractivity contribution in [3.63, 3.8) is 0 Å². The zero-order chi connectivity index (χ0) is 16.3. The van der Waals surface area contributed by atoms with Crippen LogP contribution in [0.25, 0.3) is 10.9 Å². The molecule has 5 nitrogen and oxygen atoms in total. The highest BCUT2D eigenvalue weighted by Crippen LogP contribution is 2.29. The second kappa shape index (κ2) is 6.94. The molecule has 0 bridgehead atoms. The van der Waals surface area contributed by atoms with E-state index in [2.05, 4.69) is 10.3 Å². The number of esters is 1. The molecule has 0 saturated carbocycles. The summed E-state index contributed by atoms with van der Waals surface area (Å²) in [6.07, 6.45) is 1.07. The van der Waals surface area contributed by atoms with Gasteiger partial charge in [-0.15, -0.1) is 0 Å². The van der Waals surface area contributed by atoms with Crippen molar-refractivity contribution in [3.05, 3.63) is 34.5 Å². The highest BCUT2D eigenvalue weighted by molar-refractivity contribution is 6.31. The minimum atomic E-state index is -0.547. The monoisotopic (exact) mass is 323 g/mol. The Labute approximate surface area is 134 Å². The number of rotatable bonds is 5. The van der Waals surface area contributed by atoms with Crippen LogP contribution in [0.3, 0.4) is 0 Å². The number of aliphatic hydroxyl groups is 1. The molecule has 1 heterocycles. The van der Waals surface area contributed by atoms with Gasteiger partial charge in [0.25, 0.3) is 0 Å². The molecule has 1 atom stereocenters. The highest BCUT2D eigenvalue weighted by Gasteiger charge is 2.21. The highest BCUT2D eigenvalue weighted by atomic mass is 35.5. The van der Waals surface area contributed by atoms with Crippen molar-refractivity contribution >= 4 is 34.2 Å². The van der Waals surface area contributed by atoms with Crippen molar-refractivity contribution < 1.29 is 19.6 Å². The first-order chi connectivity index (χ1) is 10.4. The van der Waals surface area contributed by atoms with Gasteiger partial charge in [-0.2, -0.15) is 0 Å². The molecular formula is C16H20ClN2O3+. The number of benzene rings is 1. The van der Waals surface area contributed by atoms with E-state index in [1.165, 1.54) is 0 Å². The number of pyridine rings is 1. The topological polar surface area (TPSA) is 72.7 Å². The number of ether oxygens (including phenoxy) is 1. The van der Waals surface area contributed by atoms with Crippen LogP contribution in [0, 0.1) is 6.92 Å². The first-order valence-electron chi connectivity index (χ1n) is 7.17. The normalized spacial score (nSPS) is 12.2. The van der Waals surface area contributed by atoms with Crippen LogP contribution < -0.4 is 10.3 Å². The van der Waals surface area contributed by atoms with E-state index in [-0.39, 0.29) is 0 Å². The van der Waals surface area contributed by atoms with Crippen LogP contribution in [0.15, 0.2) is 18.3 Å². The summed E-state index contributed by atoms with van der Waals surface area (Å²) in [5.41, 5.74) is 2.85. The Hall–Kier alpha value is -1.85. The molecule has 2 aromatic rings. The summed E-state index contributed by atoms with van der Waals surface area (Å²) < 4.78 is 5.09. The predicted octanol–water partition coefficient (Wildman–Crippen LogP) is 2.59. The van der Waals surface area contributed by atoms with Gasteiger partial charge in [-0.05, 0) is 32.9 Å². The van der Waals surface area contributed by atoms with Gasteiger partial charge in [0, 0.05) is 17.1 Å². The van der Waals surface area contributed by atoms with Crippen molar-refractivity contribution in [3.8, 4) is 0 Å². The number of aromatic amines is 1. The largest absolute Gasteiger partial charge is 0.462 e. The number of aryl methyl sites for hydroxylation is 1. The lowest BCUT2D eigenvalue weighted by Gasteiger charge is -2.13. The fourth-order valence-corrected chi connectivity index (χ4v) is 2.58. The Morgan fingerprint density at radius 2 is 2.23 bits per heavy atom. The number of hydrogen-bond donors (Lipinski definition) is 2. The van der Waals surface area contributed by atoms with Gasteiger partial charge in [-0.3, -0.25) is 0 Å². The van der Waals surface area contributed by atoms with Crippen LogP contribution in [-0.4, -0.2) is 30.3 Å². The van der Waals surface area contributed by atoms with Gasteiger partial charge in [0.2, 0.25) is 5.52 Å². The second-order valence-electron chi connectivity index (χ2n) is 5.17. The second-order valence-corrected chi connectivity index (χ2v) is 5.61. The molecule has 2 rings (SSSR count). The molecule has 0 aliphatic carbocycles. The van der Waals surface area contributed by atoms with E-state index >= 15 is 0 Å². The number of nitrogens with one attached hydrogen (secondary N) is 2. The number of anilines is 1. The van der Waals surface area contributed by atoms with Crippen LogP contribution >= 0.6 is 11.6 Å². The maximum Gasteiger partial charge on any atom is 0.346 e. The summed E-state index contributed by atoms with van der Waals surface area (Å²) >= 11 is 6.14. The van der Waals surface area contributed by atoms with E-state index in [4.69, 9.17) is 16.3 Å². The van der Waals surface area contributed by atoms with E-state index in [0.717, 1.165) is 16.5 Å². The van der Waals surface area contributed by atoms with Crippen molar-refractivity contribution in [2.75, 3.05) is 18.5 Å². The Morgan fingerprint density at radius 3 is 2.86 bits per heavy atom. The lowest BCUT2D eigenvalue weighted by atomic mass is 10.1. The van der Waals surface area contributed by atoms with Crippen molar-refractivity contribution in [1.29, 1.82) is 0 Å². The van der Waals surface area contributed by atoms with Crippen molar-refractivity contribution in [1.82, 2.24) is 0 Å². The maximum absolute atomic E-state index is 12.1. The molecular weight excluding hydrogens is 304 g/mol. The molecule has 1 aromatic carbocycles. The summed E-state index contributed by atoms with van der Waals surface area (Å²) in [7, 11) is 0. The molecule has 0 spiro atoms. The van der Waals surface area contributed by atoms with Gasteiger partial charge in [0.05, 0.1) is 23.8 Å². The van der Waals surface area contributed by atoms with Crippen LogP contribution in [0.5, 0.6) is 0 Å². The van der Waals surface area contributed by atoms with Gasteiger partial charge in [-0.1, -0.05) is 11.6 Å². The Kier molecular flexibility index (Phi) is 5.21. The number of carbonyl (C=O) groups is 1. The molecule has 1 aromatic heterocycles. The molecule has 22 heavy (non-hydrogen) atoms.